The topological polar surface area (TPSA) is 26.8 Å². The summed E-state index contributed by atoms with van der Waals surface area (Å²) in [4.78, 5) is 19.8. The summed E-state index contributed by atoms with van der Waals surface area (Å²) in [7, 11) is 0. The Morgan fingerprint density at radius 1 is 0.865 bits per heavy atom. The number of aryl methyl sites for hydroxylation is 1. The third-order valence-electron chi connectivity index (χ3n) is 7.63. The number of nitrogens with zero attached hydrogens (tertiary/aromatic N) is 3. The summed E-state index contributed by atoms with van der Waals surface area (Å²) in [6, 6.07) is 18.4. The predicted octanol–water partition coefficient (Wildman–Crippen LogP) is 5.37. The minimum absolute atomic E-state index is 0.0853. The standard InChI is InChI=1S/C30H32F3N3O/c1-21-16-23(8-11-27(21)32)24-17-25(20-34(19-24)18-22-6-9-26(31)10-7-22)30(37)36-14-12-35(13-15-36)29-5-3-2-4-28(29)33/h2-11,16,24-25H,12-15,17-20H2,1H3. The fourth-order valence-corrected chi connectivity index (χ4v) is 5.64. The summed E-state index contributed by atoms with van der Waals surface area (Å²) < 4.78 is 41.6. The molecule has 0 radical (unpaired) electrons. The third-order valence-corrected chi connectivity index (χ3v) is 7.63. The molecule has 37 heavy (non-hydrogen) atoms. The molecular formula is C30H32F3N3O. The molecule has 194 valence electrons. The number of carbonyl (C=O) groups excluding carboxylic acids is 1. The van der Waals surface area contributed by atoms with Crippen LogP contribution in [0.4, 0.5) is 18.9 Å². The molecule has 2 aliphatic rings. The number of para-hydroxylation sites is 1. The fraction of sp³-hybridized carbons (Fsp3) is 0.367. The highest BCUT2D eigenvalue weighted by atomic mass is 19.1. The van der Waals surface area contributed by atoms with Gasteiger partial charge in [-0.2, -0.15) is 0 Å². The number of anilines is 1. The van der Waals surface area contributed by atoms with Crippen LogP contribution in [0.3, 0.4) is 0 Å². The van der Waals surface area contributed by atoms with Crippen LogP contribution >= 0.6 is 0 Å². The first-order valence-corrected chi connectivity index (χ1v) is 12.9. The quantitative estimate of drug-likeness (QED) is 0.465. The Hall–Kier alpha value is -3.32. The number of benzene rings is 3. The lowest BCUT2D eigenvalue weighted by atomic mass is 9.83. The zero-order valence-corrected chi connectivity index (χ0v) is 21.0. The van der Waals surface area contributed by atoms with Crippen molar-refractivity contribution in [2.24, 2.45) is 5.92 Å². The number of piperazine rings is 1. The van der Waals surface area contributed by atoms with Crippen LogP contribution < -0.4 is 4.90 Å². The molecule has 3 aromatic carbocycles. The lowest BCUT2D eigenvalue weighted by Gasteiger charge is -2.42. The third kappa shape index (κ3) is 5.82. The maximum Gasteiger partial charge on any atom is 0.227 e. The van der Waals surface area contributed by atoms with E-state index in [2.05, 4.69) is 4.90 Å². The van der Waals surface area contributed by atoms with Gasteiger partial charge in [0.2, 0.25) is 5.91 Å². The normalized spacial score (nSPS) is 20.8. The Bertz CT molecular complexity index is 1240. The van der Waals surface area contributed by atoms with Gasteiger partial charge in [0.25, 0.3) is 0 Å². The lowest BCUT2D eigenvalue weighted by Crippen LogP contribution is -2.53. The molecule has 0 spiro atoms. The van der Waals surface area contributed by atoms with E-state index in [1.54, 1.807) is 31.2 Å². The van der Waals surface area contributed by atoms with Crippen LogP contribution in [0.2, 0.25) is 0 Å². The maximum atomic E-state index is 14.3. The van der Waals surface area contributed by atoms with Gasteiger partial charge in [-0.15, -0.1) is 0 Å². The zero-order chi connectivity index (χ0) is 25.9. The maximum absolute atomic E-state index is 14.3. The van der Waals surface area contributed by atoms with Gasteiger partial charge in [-0.1, -0.05) is 36.4 Å². The highest BCUT2D eigenvalue weighted by Gasteiger charge is 2.36. The molecule has 2 saturated heterocycles. The van der Waals surface area contributed by atoms with Gasteiger partial charge in [0.15, 0.2) is 0 Å². The second-order valence-corrected chi connectivity index (χ2v) is 10.2. The van der Waals surface area contributed by atoms with Crippen molar-refractivity contribution in [3.8, 4) is 0 Å². The molecule has 5 rings (SSSR count). The largest absolute Gasteiger partial charge is 0.366 e. The first kappa shape index (κ1) is 25.3. The highest BCUT2D eigenvalue weighted by Crippen LogP contribution is 2.33. The molecule has 0 aromatic heterocycles. The van der Waals surface area contributed by atoms with E-state index in [0.717, 1.165) is 17.7 Å². The highest BCUT2D eigenvalue weighted by molar-refractivity contribution is 5.79. The van der Waals surface area contributed by atoms with Crippen molar-refractivity contribution >= 4 is 11.6 Å². The van der Waals surface area contributed by atoms with Gasteiger partial charge < -0.3 is 9.80 Å². The monoisotopic (exact) mass is 507 g/mol. The van der Waals surface area contributed by atoms with E-state index < -0.39 is 0 Å². The minimum atomic E-state index is -0.273. The van der Waals surface area contributed by atoms with Crippen LogP contribution in [-0.4, -0.2) is 55.0 Å². The molecule has 7 heteroatoms. The van der Waals surface area contributed by atoms with E-state index in [9.17, 15) is 18.0 Å². The second-order valence-electron chi connectivity index (χ2n) is 10.2. The van der Waals surface area contributed by atoms with E-state index in [-0.39, 0.29) is 35.2 Å². The van der Waals surface area contributed by atoms with Crippen molar-refractivity contribution in [3.63, 3.8) is 0 Å². The molecule has 0 saturated carbocycles. The van der Waals surface area contributed by atoms with E-state index >= 15 is 0 Å². The van der Waals surface area contributed by atoms with E-state index in [1.165, 1.54) is 24.3 Å². The second kappa shape index (κ2) is 11.0. The Balaban J connectivity index is 1.31. The Morgan fingerprint density at radius 3 is 2.30 bits per heavy atom. The first-order chi connectivity index (χ1) is 17.9. The van der Waals surface area contributed by atoms with Crippen molar-refractivity contribution in [2.75, 3.05) is 44.2 Å². The summed E-state index contributed by atoms with van der Waals surface area (Å²) in [5, 5.41) is 0. The number of hydrogen-bond acceptors (Lipinski definition) is 3. The Kier molecular flexibility index (Phi) is 7.51. The van der Waals surface area contributed by atoms with Gasteiger partial charge in [0.05, 0.1) is 11.6 Å². The molecule has 1 amide bonds. The molecule has 0 bridgehead atoms. The molecule has 2 heterocycles. The summed E-state index contributed by atoms with van der Waals surface area (Å²) in [6.07, 6.45) is 0.692. The molecule has 0 aliphatic carbocycles. The zero-order valence-electron chi connectivity index (χ0n) is 21.0. The summed E-state index contributed by atoms with van der Waals surface area (Å²) in [6.45, 7) is 5.98. The first-order valence-electron chi connectivity index (χ1n) is 12.9. The number of hydrogen-bond donors (Lipinski definition) is 0. The van der Waals surface area contributed by atoms with Crippen molar-refractivity contribution < 1.29 is 18.0 Å². The van der Waals surface area contributed by atoms with E-state index in [0.29, 0.717) is 56.9 Å². The van der Waals surface area contributed by atoms with Gasteiger partial charge >= 0.3 is 0 Å². The predicted molar refractivity (Wildman–Crippen MR) is 139 cm³/mol. The van der Waals surface area contributed by atoms with Crippen LogP contribution in [0.1, 0.15) is 29.0 Å². The van der Waals surface area contributed by atoms with Gasteiger partial charge in [-0.3, -0.25) is 9.69 Å². The molecule has 2 unspecified atom stereocenters. The van der Waals surface area contributed by atoms with Gasteiger partial charge in [-0.05, 0) is 66.3 Å². The van der Waals surface area contributed by atoms with Crippen molar-refractivity contribution in [2.45, 2.75) is 25.8 Å². The summed E-state index contributed by atoms with van der Waals surface area (Å²) in [5.74, 6) is -0.760. The smallest absolute Gasteiger partial charge is 0.227 e. The van der Waals surface area contributed by atoms with Crippen molar-refractivity contribution in [1.29, 1.82) is 0 Å². The van der Waals surface area contributed by atoms with Gasteiger partial charge in [-0.25, -0.2) is 13.2 Å². The SMILES string of the molecule is Cc1cc(C2CC(C(=O)N3CCN(c4ccccc4F)CC3)CN(Cc3ccc(F)cc3)C2)ccc1F. The number of rotatable bonds is 5. The van der Waals surface area contributed by atoms with Crippen molar-refractivity contribution in [1.82, 2.24) is 9.80 Å². The Labute approximate surface area is 216 Å². The molecule has 2 aliphatic heterocycles. The van der Waals surface area contributed by atoms with Crippen LogP contribution in [0.5, 0.6) is 0 Å². The Morgan fingerprint density at radius 2 is 1.59 bits per heavy atom. The van der Waals surface area contributed by atoms with E-state index in [4.69, 9.17) is 0 Å². The average molecular weight is 508 g/mol. The number of carbonyl (C=O) groups is 1. The molecule has 2 atom stereocenters. The molecule has 2 fully saturated rings. The number of piperidine rings is 1. The van der Waals surface area contributed by atoms with Crippen LogP contribution in [0, 0.1) is 30.3 Å². The minimum Gasteiger partial charge on any atom is -0.366 e. The number of halogens is 3. The van der Waals surface area contributed by atoms with Crippen LogP contribution in [-0.2, 0) is 11.3 Å². The fourth-order valence-electron chi connectivity index (χ4n) is 5.64. The lowest BCUT2D eigenvalue weighted by molar-refractivity contribution is -0.138. The molecule has 0 N–H and O–H groups in total. The summed E-state index contributed by atoms with van der Waals surface area (Å²) in [5.41, 5.74) is 3.19. The van der Waals surface area contributed by atoms with Gasteiger partial charge in [0.1, 0.15) is 17.5 Å². The van der Waals surface area contributed by atoms with Crippen molar-refractivity contribution in [3.05, 3.63) is 101 Å². The van der Waals surface area contributed by atoms with Gasteiger partial charge in [0, 0.05) is 45.8 Å². The van der Waals surface area contributed by atoms with E-state index in [1.807, 2.05) is 28.0 Å². The van der Waals surface area contributed by atoms with Crippen LogP contribution in [0.15, 0.2) is 66.7 Å². The number of likely N-dealkylation sites (tertiary alicyclic amines) is 1. The molecule has 4 nitrogen and oxygen atoms in total. The average Bonchev–Trinajstić information content (AvgIpc) is 2.91. The molecular weight excluding hydrogens is 475 g/mol. The number of amides is 1. The molecule has 3 aromatic rings. The van der Waals surface area contributed by atoms with Crippen LogP contribution in [0.25, 0.3) is 0 Å². The summed E-state index contributed by atoms with van der Waals surface area (Å²) >= 11 is 0.